The number of carbonyl (C=O) groups is 1. The smallest absolute Gasteiger partial charge is 0.263 e. The number of pyridine rings is 2. The van der Waals surface area contributed by atoms with Gasteiger partial charge >= 0.3 is 0 Å². The number of rotatable bonds is 3. The lowest BCUT2D eigenvalue weighted by Crippen LogP contribution is -2.61. The average molecular weight is 451 g/mol. The first-order valence-corrected chi connectivity index (χ1v) is 11.9. The third-order valence-electron chi connectivity index (χ3n) is 6.75. The number of aryl methyl sites for hydroxylation is 1. The van der Waals surface area contributed by atoms with Crippen molar-refractivity contribution in [2.24, 2.45) is 0 Å². The number of ether oxygens (including phenoxy) is 1. The van der Waals surface area contributed by atoms with E-state index in [1.54, 1.807) is 0 Å². The number of amides is 1. The van der Waals surface area contributed by atoms with Crippen LogP contribution in [0.5, 0.6) is 5.75 Å². The molecule has 1 unspecified atom stereocenters. The van der Waals surface area contributed by atoms with Crippen molar-refractivity contribution in [2.45, 2.75) is 44.3 Å². The van der Waals surface area contributed by atoms with Gasteiger partial charge < -0.3 is 26.0 Å². The van der Waals surface area contributed by atoms with Crippen LogP contribution in [0.2, 0.25) is 0 Å². The first kappa shape index (κ1) is 19.8. The molecule has 2 bridgehead atoms. The fraction of sp³-hybridized carbons (Fsp3) is 0.435. The molecule has 1 amide bonds. The molecule has 4 aliphatic rings. The summed E-state index contributed by atoms with van der Waals surface area (Å²) in [5, 5.41) is 7.49. The normalized spacial score (nSPS) is 24.3. The van der Waals surface area contributed by atoms with E-state index in [-0.39, 0.29) is 11.9 Å². The van der Waals surface area contributed by atoms with E-state index in [9.17, 15) is 4.79 Å². The molecule has 0 aromatic carbocycles. The highest BCUT2D eigenvalue weighted by atomic mass is 32.1. The molecule has 7 heterocycles. The minimum atomic E-state index is -0.179. The number of aromatic nitrogens is 2. The van der Waals surface area contributed by atoms with Crippen LogP contribution in [0.15, 0.2) is 24.4 Å². The van der Waals surface area contributed by atoms with Crippen molar-refractivity contribution >= 4 is 39.0 Å². The molecule has 3 aromatic rings. The van der Waals surface area contributed by atoms with Gasteiger partial charge in [0.1, 0.15) is 27.9 Å². The third-order valence-corrected chi connectivity index (χ3v) is 7.87. The minimum Gasteiger partial charge on any atom is -0.491 e. The molecular weight excluding hydrogens is 424 g/mol. The van der Waals surface area contributed by atoms with Gasteiger partial charge in [0.15, 0.2) is 0 Å². The van der Waals surface area contributed by atoms with Gasteiger partial charge in [0.2, 0.25) is 0 Å². The van der Waals surface area contributed by atoms with Crippen molar-refractivity contribution in [3.63, 3.8) is 0 Å². The van der Waals surface area contributed by atoms with E-state index in [0.717, 1.165) is 46.1 Å². The molecule has 8 nitrogen and oxygen atoms in total. The number of thiophene rings is 1. The number of anilines is 2. The van der Waals surface area contributed by atoms with E-state index in [0.29, 0.717) is 35.7 Å². The number of hydrogen-bond acceptors (Lipinski definition) is 8. The zero-order chi connectivity index (χ0) is 21.8. The Morgan fingerprint density at radius 1 is 1.38 bits per heavy atom. The first-order valence-electron chi connectivity index (χ1n) is 11.1. The van der Waals surface area contributed by atoms with Crippen LogP contribution >= 0.6 is 11.3 Å². The molecular formula is C23H26N6O2S. The molecule has 4 aliphatic heterocycles. The summed E-state index contributed by atoms with van der Waals surface area (Å²) in [5.74, 6) is 1.68. The maximum Gasteiger partial charge on any atom is 0.263 e. The molecule has 3 atom stereocenters. The highest BCUT2D eigenvalue weighted by molar-refractivity contribution is 7.21. The van der Waals surface area contributed by atoms with Crippen molar-refractivity contribution < 1.29 is 9.53 Å². The van der Waals surface area contributed by atoms with Crippen molar-refractivity contribution in [2.75, 3.05) is 30.3 Å². The fourth-order valence-corrected chi connectivity index (χ4v) is 6.05. The topological polar surface area (TPSA) is 105 Å². The second-order valence-corrected chi connectivity index (χ2v) is 9.97. The molecule has 32 heavy (non-hydrogen) atoms. The van der Waals surface area contributed by atoms with Crippen LogP contribution in [0.25, 0.3) is 10.2 Å². The molecule has 9 heteroatoms. The average Bonchev–Trinajstić information content (AvgIpc) is 3.15. The van der Waals surface area contributed by atoms with Crippen molar-refractivity contribution in [3.8, 4) is 5.75 Å². The largest absolute Gasteiger partial charge is 0.491 e. The lowest BCUT2D eigenvalue weighted by atomic mass is 9.93. The molecule has 0 saturated carbocycles. The van der Waals surface area contributed by atoms with E-state index in [2.05, 4.69) is 26.6 Å². The Labute approximate surface area is 190 Å². The second-order valence-electron chi connectivity index (χ2n) is 8.97. The van der Waals surface area contributed by atoms with E-state index in [4.69, 9.17) is 15.5 Å². The maximum absolute atomic E-state index is 12.9. The number of hydrogen-bond donors (Lipinski definition) is 3. The van der Waals surface area contributed by atoms with Gasteiger partial charge in [0, 0.05) is 60.5 Å². The summed E-state index contributed by atoms with van der Waals surface area (Å²) < 4.78 is 6.05. The molecule has 0 aliphatic carbocycles. The van der Waals surface area contributed by atoms with E-state index in [1.807, 2.05) is 25.3 Å². The number of fused-ring (bicyclic) bond motifs is 5. The molecule has 0 spiro atoms. The van der Waals surface area contributed by atoms with Gasteiger partial charge in [-0.3, -0.25) is 4.79 Å². The van der Waals surface area contributed by atoms with Crippen LogP contribution in [0.1, 0.15) is 33.8 Å². The molecule has 0 radical (unpaired) electrons. The van der Waals surface area contributed by atoms with E-state index < -0.39 is 0 Å². The van der Waals surface area contributed by atoms with Crippen LogP contribution in [0.4, 0.5) is 11.5 Å². The van der Waals surface area contributed by atoms with Gasteiger partial charge in [-0.2, -0.15) is 0 Å². The number of nitrogens with two attached hydrogens (primary N) is 1. The number of piperazine rings is 1. The Kier molecular flexibility index (Phi) is 4.69. The molecule has 3 aromatic heterocycles. The van der Waals surface area contributed by atoms with Crippen LogP contribution in [-0.2, 0) is 6.42 Å². The van der Waals surface area contributed by atoms with E-state index >= 15 is 0 Å². The van der Waals surface area contributed by atoms with E-state index in [1.165, 1.54) is 24.2 Å². The minimum absolute atomic E-state index is 0.128. The molecule has 7 rings (SSSR count). The molecule has 4 N–H and O–H groups in total. The predicted molar refractivity (Wildman–Crippen MR) is 126 cm³/mol. The monoisotopic (exact) mass is 450 g/mol. The van der Waals surface area contributed by atoms with Gasteiger partial charge in [0.05, 0.1) is 11.7 Å². The van der Waals surface area contributed by atoms with Crippen molar-refractivity contribution in [3.05, 3.63) is 40.5 Å². The Morgan fingerprint density at radius 2 is 2.28 bits per heavy atom. The summed E-state index contributed by atoms with van der Waals surface area (Å²) in [6.07, 6.45) is 5.04. The number of nitrogen functional groups attached to an aromatic ring is 1. The van der Waals surface area contributed by atoms with Crippen LogP contribution in [0, 0.1) is 6.92 Å². The highest BCUT2D eigenvalue weighted by Crippen LogP contribution is 2.34. The Hall–Kier alpha value is -2.91. The zero-order valence-corrected chi connectivity index (χ0v) is 18.7. The van der Waals surface area contributed by atoms with Gasteiger partial charge in [-0.1, -0.05) is 0 Å². The van der Waals surface area contributed by atoms with Crippen molar-refractivity contribution in [1.82, 2.24) is 20.6 Å². The van der Waals surface area contributed by atoms with Crippen molar-refractivity contribution in [1.29, 1.82) is 0 Å². The number of nitrogens with zero attached hydrogens (tertiary/aromatic N) is 3. The standard InChI is InChI=1S/C23H26N6O2S/c1-12-2-5-17-20(24)21(32-23(17)27-12)22(30)28-15-6-13-8-26-19(7-18(13)31-11-15)29-10-14-3-4-16(29)9-25-14/h2,5,7-8,14-16,25H,3-4,6,9-11,24H2,1H3,(H,28,30)/t14-,15-,16?/m1/s1. The summed E-state index contributed by atoms with van der Waals surface area (Å²) in [5.41, 5.74) is 8.66. The second kappa shape index (κ2) is 7.60. The quantitative estimate of drug-likeness (QED) is 0.562. The zero-order valence-electron chi connectivity index (χ0n) is 17.9. The third kappa shape index (κ3) is 3.36. The lowest BCUT2D eigenvalue weighted by Gasteiger charge is -2.46. The highest BCUT2D eigenvalue weighted by Gasteiger charge is 2.35. The Balaban J connectivity index is 1.17. The summed E-state index contributed by atoms with van der Waals surface area (Å²) in [4.78, 5) is 25.9. The Bertz CT molecular complexity index is 1200. The van der Waals surface area contributed by atoms with Gasteiger partial charge in [-0.05, 0) is 31.9 Å². The summed E-state index contributed by atoms with van der Waals surface area (Å²) >= 11 is 1.33. The SMILES string of the molecule is Cc1ccc2c(N)c(C(=O)N[C@H]3COc4cc(N5C[C@H]6CCC5CN6)ncc4C3)sc2n1. The number of piperidine rings is 2. The number of nitrogens with one attached hydrogen (secondary N) is 2. The van der Waals surface area contributed by atoms with Gasteiger partial charge in [-0.15, -0.1) is 11.3 Å². The van der Waals surface area contributed by atoms with Crippen LogP contribution in [-0.4, -0.2) is 53.7 Å². The summed E-state index contributed by atoms with van der Waals surface area (Å²) in [6, 6.07) is 6.83. The number of carbonyl (C=O) groups excluding carboxylic acids is 1. The van der Waals surface area contributed by atoms with Gasteiger partial charge in [0.25, 0.3) is 5.91 Å². The van der Waals surface area contributed by atoms with Gasteiger partial charge in [-0.25, -0.2) is 9.97 Å². The first-order chi connectivity index (χ1) is 15.5. The Morgan fingerprint density at radius 3 is 3.06 bits per heavy atom. The molecule has 166 valence electrons. The van der Waals surface area contributed by atoms with Crippen LogP contribution < -0.4 is 26.0 Å². The predicted octanol–water partition coefficient (Wildman–Crippen LogP) is 2.26. The maximum atomic E-state index is 12.9. The summed E-state index contributed by atoms with van der Waals surface area (Å²) in [7, 11) is 0. The fourth-order valence-electron chi connectivity index (χ4n) is 5.01. The lowest BCUT2D eigenvalue weighted by molar-refractivity contribution is 0.0920. The molecule has 3 saturated heterocycles. The van der Waals surface area contributed by atoms with Crippen LogP contribution in [0.3, 0.4) is 0 Å². The molecule has 3 fully saturated rings. The summed E-state index contributed by atoms with van der Waals surface area (Å²) in [6.45, 7) is 4.38.